The maximum Gasteiger partial charge on any atom is 0.104 e. The predicted molar refractivity (Wildman–Crippen MR) is 69.4 cm³/mol. The van der Waals surface area contributed by atoms with Gasteiger partial charge in [-0.25, -0.2) is 0 Å². The van der Waals surface area contributed by atoms with Crippen LogP contribution in [0.15, 0.2) is 53.0 Å². The molecule has 0 heterocycles. The van der Waals surface area contributed by atoms with Crippen LogP contribution in [0, 0.1) is 6.92 Å². The van der Waals surface area contributed by atoms with E-state index in [4.69, 9.17) is 0 Å². The van der Waals surface area contributed by atoms with E-state index < -0.39 is 6.10 Å². The van der Waals surface area contributed by atoms with Crippen LogP contribution in [0.25, 0.3) is 0 Å². The van der Waals surface area contributed by atoms with E-state index in [1.807, 2.05) is 55.5 Å². The van der Waals surface area contributed by atoms with Gasteiger partial charge >= 0.3 is 0 Å². The third kappa shape index (κ3) is 2.52. The van der Waals surface area contributed by atoms with Crippen LogP contribution in [-0.2, 0) is 0 Å². The van der Waals surface area contributed by atoms with Gasteiger partial charge in [-0.3, -0.25) is 0 Å². The van der Waals surface area contributed by atoms with Gasteiger partial charge in [-0.1, -0.05) is 52.3 Å². The minimum atomic E-state index is -0.558. The number of halogens is 1. The molecule has 0 amide bonds. The van der Waals surface area contributed by atoms with E-state index in [9.17, 15) is 5.11 Å². The van der Waals surface area contributed by atoms with Crippen LogP contribution in [0.4, 0.5) is 0 Å². The number of hydrogen-bond acceptors (Lipinski definition) is 1. The summed E-state index contributed by atoms with van der Waals surface area (Å²) in [4.78, 5) is 0. The lowest BCUT2D eigenvalue weighted by Crippen LogP contribution is -1.99. The maximum atomic E-state index is 10.2. The van der Waals surface area contributed by atoms with Crippen LogP contribution in [-0.4, -0.2) is 5.11 Å². The first-order valence-electron chi connectivity index (χ1n) is 5.17. The fourth-order valence-corrected chi connectivity index (χ4v) is 2.38. The zero-order chi connectivity index (χ0) is 11.5. The summed E-state index contributed by atoms with van der Waals surface area (Å²) >= 11 is 3.44. The van der Waals surface area contributed by atoms with E-state index in [0.29, 0.717) is 0 Å². The van der Waals surface area contributed by atoms with E-state index in [1.54, 1.807) is 0 Å². The summed E-state index contributed by atoms with van der Waals surface area (Å²) in [7, 11) is 0. The van der Waals surface area contributed by atoms with Crippen LogP contribution in [0.5, 0.6) is 0 Å². The Labute approximate surface area is 104 Å². The number of aliphatic hydroxyl groups is 1. The van der Waals surface area contributed by atoms with Crippen LogP contribution in [0.3, 0.4) is 0 Å². The minimum absolute atomic E-state index is 0.558. The number of benzene rings is 2. The molecule has 0 aromatic heterocycles. The van der Waals surface area contributed by atoms with Gasteiger partial charge in [0.25, 0.3) is 0 Å². The van der Waals surface area contributed by atoms with Gasteiger partial charge in [-0.2, -0.15) is 0 Å². The monoisotopic (exact) mass is 276 g/mol. The minimum Gasteiger partial charge on any atom is -0.384 e. The summed E-state index contributed by atoms with van der Waals surface area (Å²) < 4.78 is 0.998. The lowest BCUT2D eigenvalue weighted by Gasteiger charge is -2.12. The van der Waals surface area contributed by atoms with Crippen molar-refractivity contribution in [2.24, 2.45) is 0 Å². The van der Waals surface area contributed by atoms with Gasteiger partial charge in [0.15, 0.2) is 0 Å². The molecule has 0 bridgehead atoms. The standard InChI is InChI=1S/C14H13BrO/c1-10-7-12(9-13(15)8-10)14(16)11-5-3-2-4-6-11/h2-9,14,16H,1H3. The molecule has 0 radical (unpaired) electrons. The van der Waals surface area contributed by atoms with Gasteiger partial charge < -0.3 is 5.11 Å². The first kappa shape index (κ1) is 11.4. The summed E-state index contributed by atoms with van der Waals surface area (Å²) in [6.07, 6.45) is -0.558. The highest BCUT2D eigenvalue weighted by Gasteiger charge is 2.10. The Morgan fingerprint density at radius 3 is 2.31 bits per heavy atom. The van der Waals surface area contributed by atoms with Crippen molar-refractivity contribution >= 4 is 15.9 Å². The molecule has 1 N–H and O–H groups in total. The van der Waals surface area contributed by atoms with Gasteiger partial charge in [0.05, 0.1) is 0 Å². The molecular weight excluding hydrogens is 264 g/mol. The fourth-order valence-electron chi connectivity index (χ4n) is 1.75. The van der Waals surface area contributed by atoms with E-state index in [-0.39, 0.29) is 0 Å². The highest BCUT2D eigenvalue weighted by atomic mass is 79.9. The van der Waals surface area contributed by atoms with E-state index in [1.165, 1.54) is 0 Å². The van der Waals surface area contributed by atoms with Crippen LogP contribution in [0.1, 0.15) is 22.8 Å². The van der Waals surface area contributed by atoms with E-state index in [2.05, 4.69) is 15.9 Å². The van der Waals surface area contributed by atoms with E-state index in [0.717, 1.165) is 21.2 Å². The first-order valence-corrected chi connectivity index (χ1v) is 5.96. The van der Waals surface area contributed by atoms with Gasteiger partial charge in [0.1, 0.15) is 6.10 Å². The molecule has 2 aromatic rings. The van der Waals surface area contributed by atoms with E-state index >= 15 is 0 Å². The van der Waals surface area contributed by atoms with Crippen molar-refractivity contribution in [1.82, 2.24) is 0 Å². The van der Waals surface area contributed by atoms with Gasteiger partial charge in [0.2, 0.25) is 0 Å². The molecule has 0 aliphatic rings. The van der Waals surface area contributed by atoms with Crippen LogP contribution >= 0.6 is 15.9 Å². The number of aryl methyl sites for hydroxylation is 1. The molecule has 0 aliphatic carbocycles. The van der Waals surface area contributed by atoms with Crippen LogP contribution < -0.4 is 0 Å². The summed E-state index contributed by atoms with van der Waals surface area (Å²) in [5, 5.41) is 10.2. The summed E-state index contributed by atoms with van der Waals surface area (Å²) in [6, 6.07) is 15.7. The Kier molecular flexibility index (Phi) is 3.42. The topological polar surface area (TPSA) is 20.2 Å². The Morgan fingerprint density at radius 1 is 1.00 bits per heavy atom. The van der Waals surface area contributed by atoms with Crippen molar-refractivity contribution in [1.29, 1.82) is 0 Å². The second-order valence-corrected chi connectivity index (χ2v) is 4.79. The third-order valence-corrected chi connectivity index (χ3v) is 2.95. The molecule has 1 atom stereocenters. The molecule has 0 fully saturated rings. The molecule has 2 heteroatoms. The Hall–Kier alpha value is -1.12. The highest BCUT2D eigenvalue weighted by Crippen LogP contribution is 2.25. The lowest BCUT2D eigenvalue weighted by molar-refractivity contribution is 0.220. The van der Waals surface area contributed by atoms with Crippen molar-refractivity contribution in [3.05, 3.63) is 69.7 Å². The highest BCUT2D eigenvalue weighted by molar-refractivity contribution is 9.10. The average Bonchev–Trinajstić information content (AvgIpc) is 2.28. The fraction of sp³-hybridized carbons (Fsp3) is 0.143. The molecule has 1 unspecified atom stereocenters. The molecule has 0 spiro atoms. The van der Waals surface area contributed by atoms with Crippen LogP contribution in [0.2, 0.25) is 0 Å². The quantitative estimate of drug-likeness (QED) is 0.884. The van der Waals surface area contributed by atoms with Crippen molar-refractivity contribution in [3.8, 4) is 0 Å². The van der Waals surface area contributed by atoms with Gasteiger partial charge in [-0.15, -0.1) is 0 Å². The molecule has 0 aliphatic heterocycles. The molecule has 0 saturated heterocycles. The van der Waals surface area contributed by atoms with Crippen molar-refractivity contribution in [2.75, 3.05) is 0 Å². The zero-order valence-corrected chi connectivity index (χ0v) is 10.6. The zero-order valence-electron chi connectivity index (χ0n) is 9.02. The third-order valence-electron chi connectivity index (χ3n) is 2.50. The van der Waals surface area contributed by atoms with Crippen molar-refractivity contribution in [2.45, 2.75) is 13.0 Å². The second kappa shape index (κ2) is 4.81. The Balaban J connectivity index is 2.37. The van der Waals surface area contributed by atoms with Crippen molar-refractivity contribution in [3.63, 3.8) is 0 Å². The maximum absolute atomic E-state index is 10.2. The largest absolute Gasteiger partial charge is 0.384 e. The second-order valence-electron chi connectivity index (χ2n) is 3.88. The predicted octanol–water partition coefficient (Wildman–Crippen LogP) is 3.84. The SMILES string of the molecule is Cc1cc(Br)cc(C(O)c2ccccc2)c1. The molecular formula is C14H13BrO. The smallest absolute Gasteiger partial charge is 0.104 e. The van der Waals surface area contributed by atoms with Gasteiger partial charge in [0, 0.05) is 4.47 Å². The molecule has 16 heavy (non-hydrogen) atoms. The molecule has 1 nitrogen and oxygen atoms in total. The molecule has 82 valence electrons. The lowest BCUT2D eigenvalue weighted by atomic mass is 10.0. The number of rotatable bonds is 2. The number of aliphatic hydroxyl groups excluding tert-OH is 1. The summed E-state index contributed by atoms with van der Waals surface area (Å²) in [5.41, 5.74) is 2.97. The first-order chi connectivity index (χ1) is 7.66. The normalized spacial score (nSPS) is 12.4. The Morgan fingerprint density at radius 2 is 1.69 bits per heavy atom. The van der Waals surface area contributed by atoms with Crippen molar-refractivity contribution < 1.29 is 5.11 Å². The molecule has 0 saturated carbocycles. The summed E-state index contributed by atoms with van der Waals surface area (Å²) in [6.45, 7) is 2.02. The van der Waals surface area contributed by atoms with Gasteiger partial charge in [-0.05, 0) is 35.7 Å². The molecule has 2 aromatic carbocycles. The average molecular weight is 277 g/mol. The molecule has 2 rings (SSSR count). The Bertz CT molecular complexity index is 459. The summed E-state index contributed by atoms with van der Waals surface area (Å²) in [5.74, 6) is 0. The number of hydrogen-bond donors (Lipinski definition) is 1.